The first kappa shape index (κ1) is 18.1. The number of aryl methyl sites for hydroxylation is 2. The van der Waals surface area contributed by atoms with Crippen LogP contribution in [0.15, 0.2) is 54.6 Å². The molecule has 0 aliphatic rings. The average molecular weight is 357 g/mol. The fourth-order valence-electron chi connectivity index (χ4n) is 2.57. The molecule has 1 aromatic heterocycles. The number of hydrogen-bond donors (Lipinski definition) is 2. The smallest absolute Gasteiger partial charge is 0.270 e. The van der Waals surface area contributed by atoms with Crippen molar-refractivity contribution < 1.29 is 4.79 Å². The van der Waals surface area contributed by atoms with Gasteiger partial charge in [0.2, 0.25) is 5.95 Å². The van der Waals surface area contributed by atoms with Gasteiger partial charge in [0, 0.05) is 17.9 Å². The summed E-state index contributed by atoms with van der Waals surface area (Å²) in [6.45, 7) is 4.26. The lowest BCUT2D eigenvalue weighted by atomic mass is 10.1. The van der Waals surface area contributed by atoms with E-state index in [-0.39, 0.29) is 5.91 Å². The number of benzene rings is 2. The van der Waals surface area contributed by atoms with Crippen LogP contribution in [-0.4, -0.2) is 15.9 Å². The molecule has 0 fully saturated rings. The third-order valence-corrected chi connectivity index (χ3v) is 4.06. The van der Waals surface area contributed by atoms with Crippen molar-refractivity contribution in [2.24, 2.45) is 0 Å². The molecule has 0 spiro atoms. The monoisotopic (exact) mass is 357 g/mol. The summed E-state index contributed by atoms with van der Waals surface area (Å²) in [7, 11) is 0. The van der Waals surface area contributed by atoms with Crippen molar-refractivity contribution in [2.45, 2.75) is 20.4 Å². The molecule has 0 unspecified atom stereocenters. The zero-order chi connectivity index (χ0) is 19.2. The van der Waals surface area contributed by atoms with Crippen LogP contribution in [0.3, 0.4) is 0 Å². The summed E-state index contributed by atoms with van der Waals surface area (Å²) < 4.78 is 0. The third kappa shape index (κ3) is 4.67. The SMILES string of the molecule is Cc1cc(C(=O)NCc2ccccc2C)nc(Nc2ccc(C#N)cc2)n1. The molecule has 134 valence electrons. The number of amides is 1. The van der Waals surface area contributed by atoms with Gasteiger partial charge in [-0.05, 0) is 55.3 Å². The Balaban J connectivity index is 1.73. The van der Waals surface area contributed by atoms with Crippen molar-refractivity contribution in [2.75, 3.05) is 5.32 Å². The van der Waals surface area contributed by atoms with E-state index in [4.69, 9.17) is 5.26 Å². The van der Waals surface area contributed by atoms with Crippen LogP contribution in [0.25, 0.3) is 0 Å². The number of rotatable bonds is 5. The van der Waals surface area contributed by atoms with E-state index < -0.39 is 0 Å². The summed E-state index contributed by atoms with van der Waals surface area (Å²) in [5, 5.41) is 14.8. The lowest BCUT2D eigenvalue weighted by Crippen LogP contribution is -2.24. The number of hydrogen-bond acceptors (Lipinski definition) is 5. The topological polar surface area (TPSA) is 90.7 Å². The Morgan fingerprint density at radius 3 is 2.52 bits per heavy atom. The summed E-state index contributed by atoms with van der Waals surface area (Å²) >= 11 is 0. The highest BCUT2D eigenvalue weighted by atomic mass is 16.1. The normalized spacial score (nSPS) is 10.1. The number of nitrogens with one attached hydrogen (secondary N) is 2. The van der Waals surface area contributed by atoms with Gasteiger partial charge in [-0.1, -0.05) is 24.3 Å². The Kier molecular flexibility index (Phi) is 5.43. The number of anilines is 2. The van der Waals surface area contributed by atoms with Gasteiger partial charge in [-0.25, -0.2) is 9.97 Å². The molecule has 0 radical (unpaired) electrons. The predicted molar refractivity (Wildman–Crippen MR) is 104 cm³/mol. The van der Waals surface area contributed by atoms with Gasteiger partial charge in [-0.2, -0.15) is 5.26 Å². The Bertz CT molecular complexity index is 1010. The first-order chi connectivity index (χ1) is 13.0. The second-order valence-corrected chi connectivity index (χ2v) is 6.14. The van der Waals surface area contributed by atoms with Gasteiger partial charge in [-0.15, -0.1) is 0 Å². The van der Waals surface area contributed by atoms with Crippen LogP contribution in [0, 0.1) is 25.2 Å². The second kappa shape index (κ2) is 8.11. The van der Waals surface area contributed by atoms with Crippen molar-refractivity contribution in [3.8, 4) is 6.07 Å². The van der Waals surface area contributed by atoms with E-state index in [1.54, 1.807) is 30.3 Å². The molecule has 0 aliphatic carbocycles. The van der Waals surface area contributed by atoms with Crippen LogP contribution >= 0.6 is 0 Å². The standard InChI is InChI=1S/C21H19N5O/c1-14-5-3-4-6-17(14)13-23-20(27)19-11-15(2)24-21(26-19)25-18-9-7-16(12-22)8-10-18/h3-11H,13H2,1-2H3,(H,23,27)(H,24,25,26). The van der Waals surface area contributed by atoms with E-state index in [2.05, 4.69) is 26.7 Å². The van der Waals surface area contributed by atoms with E-state index in [9.17, 15) is 4.79 Å². The van der Waals surface area contributed by atoms with E-state index in [1.165, 1.54) is 0 Å². The number of aromatic nitrogens is 2. The van der Waals surface area contributed by atoms with E-state index in [0.717, 1.165) is 16.8 Å². The van der Waals surface area contributed by atoms with E-state index in [0.29, 0.717) is 29.4 Å². The molecule has 1 amide bonds. The molecule has 1 heterocycles. The molecule has 0 saturated carbocycles. The lowest BCUT2D eigenvalue weighted by molar-refractivity contribution is 0.0945. The highest BCUT2D eigenvalue weighted by molar-refractivity contribution is 5.92. The maximum atomic E-state index is 12.5. The summed E-state index contributed by atoms with van der Waals surface area (Å²) in [4.78, 5) is 21.1. The molecule has 0 saturated heterocycles. The Morgan fingerprint density at radius 2 is 1.81 bits per heavy atom. The van der Waals surface area contributed by atoms with Crippen molar-refractivity contribution in [3.05, 3.63) is 82.7 Å². The molecule has 6 nitrogen and oxygen atoms in total. The highest BCUT2D eigenvalue weighted by Gasteiger charge is 2.11. The largest absolute Gasteiger partial charge is 0.347 e. The Morgan fingerprint density at radius 1 is 1.07 bits per heavy atom. The van der Waals surface area contributed by atoms with Gasteiger partial charge >= 0.3 is 0 Å². The fraction of sp³-hybridized carbons (Fsp3) is 0.143. The zero-order valence-corrected chi connectivity index (χ0v) is 15.2. The van der Waals surface area contributed by atoms with Crippen molar-refractivity contribution in [1.29, 1.82) is 5.26 Å². The van der Waals surface area contributed by atoms with Gasteiger partial charge in [0.25, 0.3) is 5.91 Å². The fourth-order valence-corrected chi connectivity index (χ4v) is 2.57. The first-order valence-corrected chi connectivity index (χ1v) is 8.51. The molecule has 27 heavy (non-hydrogen) atoms. The highest BCUT2D eigenvalue weighted by Crippen LogP contribution is 2.15. The summed E-state index contributed by atoms with van der Waals surface area (Å²) in [5.74, 6) is 0.0763. The van der Waals surface area contributed by atoms with Crippen LogP contribution in [0.4, 0.5) is 11.6 Å². The molecule has 0 atom stereocenters. The van der Waals surface area contributed by atoms with Crippen molar-refractivity contribution >= 4 is 17.5 Å². The van der Waals surface area contributed by atoms with Gasteiger partial charge in [-0.3, -0.25) is 4.79 Å². The van der Waals surface area contributed by atoms with Crippen LogP contribution in [0.1, 0.15) is 32.9 Å². The maximum Gasteiger partial charge on any atom is 0.270 e. The minimum absolute atomic E-state index is 0.258. The summed E-state index contributed by atoms with van der Waals surface area (Å²) in [6, 6.07) is 18.6. The molecule has 2 aromatic carbocycles. The molecule has 0 aliphatic heterocycles. The molecular weight excluding hydrogens is 338 g/mol. The van der Waals surface area contributed by atoms with Crippen molar-refractivity contribution in [3.63, 3.8) is 0 Å². The van der Waals surface area contributed by atoms with E-state index >= 15 is 0 Å². The minimum atomic E-state index is -0.258. The number of nitrogens with zero attached hydrogens (tertiary/aromatic N) is 3. The van der Waals surface area contributed by atoms with E-state index in [1.807, 2.05) is 38.1 Å². The Hall–Kier alpha value is -3.72. The number of carbonyl (C=O) groups excluding carboxylic acids is 1. The van der Waals surface area contributed by atoms with Crippen LogP contribution in [0.5, 0.6) is 0 Å². The zero-order valence-electron chi connectivity index (χ0n) is 15.2. The lowest BCUT2D eigenvalue weighted by Gasteiger charge is -2.10. The maximum absolute atomic E-state index is 12.5. The third-order valence-electron chi connectivity index (χ3n) is 4.06. The van der Waals surface area contributed by atoms with Crippen LogP contribution < -0.4 is 10.6 Å². The van der Waals surface area contributed by atoms with Gasteiger partial charge in [0.05, 0.1) is 11.6 Å². The molecular formula is C21H19N5O. The van der Waals surface area contributed by atoms with Gasteiger partial charge in [0.1, 0.15) is 5.69 Å². The molecule has 3 rings (SSSR count). The predicted octanol–water partition coefficient (Wildman–Crippen LogP) is 3.64. The average Bonchev–Trinajstić information content (AvgIpc) is 2.67. The molecule has 6 heteroatoms. The van der Waals surface area contributed by atoms with Gasteiger partial charge in [0.15, 0.2) is 0 Å². The summed E-state index contributed by atoms with van der Waals surface area (Å²) in [5.41, 5.74) is 4.48. The van der Waals surface area contributed by atoms with Crippen LogP contribution in [0.2, 0.25) is 0 Å². The van der Waals surface area contributed by atoms with Crippen LogP contribution in [-0.2, 0) is 6.54 Å². The second-order valence-electron chi connectivity index (χ2n) is 6.14. The summed E-state index contributed by atoms with van der Waals surface area (Å²) in [6.07, 6.45) is 0. The molecule has 3 aromatic rings. The van der Waals surface area contributed by atoms with Gasteiger partial charge < -0.3 is 10.6 Å². The first-order valence-electron chi connectivity index (χ1n) is 8.51. The number of carbonyl (C=O) groups is 1. The number of nitriles is 1. The Labute approximate surface area is 157 Å². The molecule has 2 N–H and O–H groups in total. The minimum Gasteiger partial charge on any atom is -0.347 e. The van der Waals surface area contributed by atoms with Crippen molar-refractivity contribution in [1.82, 2.24) is 15.3 Å². The molecule has 0 bridgehead atoms. The quantitative estimate of drug-likeness (QED) is 0.727.